The van der Waals surface area contributed by atoms with Gasteiger partial charge < -0.3 is 20.1 Å². The number of carboxylic acid groups (broad SMARTS) is 1. The number of terminal acetylenes is 1. The topological polar surface area (TPSA) is 73.7 Å². The first kappa shape index (κ1) is 14.9. The van der Waals surface area contributed by atoms with Crippen LogP contribution >= 0.6 is 0 Å². The van der Waals surface area contributed by atoms with Crippen molar-refractivity contribution in [3.8, 4) is 12.3 Å². The molecule has 3 saturated heterocycles. The molecule has 4 atom stereocenters. The van der Waals surface area contributed by atoms with Gasteiger partial charge in [0.1, 0.15) is 6.04 Å². The molecule has 20 heavy (non-hydrogen) atoms. The average molecular weight is 278 g/mol. The predicted octanol–water partition coefficient (Wildman–Crippen LogP) is -2.05. The first-order valence-corrected chi connectivity index (χ1v) is 7.37. The van der Waals surface area contributed by atoms with E-state index >= 15 is 0 Å². The molecule has 0 aromatic carbocycles. The van der Waals surface area contributed by atoms with Gasteiger partial charge in [0.25, 0.3) is 0 Å². The standard InChI is InChI=1S/C15H22N2O3/c1-2-11-10-17-7-6-12(11)8-13(17)9-16-14(18)4-3-5-15(19)20/h1,11-13H,3-10H2,(H,16,18)(H,19,20)/t11-,12-,13+/m0/s1. The Hall–Kier alpha value is -1.54. The molecule has 5 nitrogen and oxygen atoms in total. The molecule has 1 unspecified atom stereocenters. The van der Waals surface area contributed by atoms with Crippen LogP contribution in [0, 0.1) is 24.2 Å². The SMILES string of the molecule is C#C[C@H]1C[NH+]2CC[C@H]1C[C@@H]2CNC(=O)CCCC(=O)[O-]. The number of carbonyl (C=O) groups is 2. The summed E-state index contributed by atoms with van der Waals surface area (Å²) in [6, 6.07) is 0.462. The largest absolute Gasteiger partial charge is 0.550 e. The molecular formula is C15H22N2O3. The molecule has 3 aliphatic rings. The normalized spacial score (nSPS) is 31.6. The third-order valence-corrected chi connectivity index (χ3v) is 4.60. The third kappa shape index (κ3) is 3.73. The zero-order valence-corrected chi connectivity index (χ0v) is 11.7. The lowest BCUT2D eigenvalue weighted by atomic mass is 9.76. The maximum Gasteiger partial charge on any atom is 0.220 e. The van der Waals surface area contributed by atoms with E-state index in [1.807, 2.05) is 0 Å². The van der Waals surface area contributed by atoms with Crippen molar-refractivity contribution in [2.75, 3.05) is 19.6 Å². The lowest BCUT2D eigenvalue weighted by Crippen LogP contribution is -3.20. The Labute approximate surface area is 119 Å². The van der Waals surface area contributed by atoms with E-state index in [9.17, 15) is 14.7 Å². The van der Waals surface area contributed by atoms with Crippen LogP contribution in [0.1, 0.15) is 32.1 Å². The van der Waals surface area contributed by atoms with E-state index in [0.29, 0.717) is 30.8 Å². The summed E-state index contributed by atoms with van der Waals surface area (Å²) in [4.78, 5) is 23.4. The van der Waals surface area contributed by atoms with Gasteiger partial charge in [-0.05, 0) is 18.8 Å². The zero-order valence-electron chi connectivity index (χ0n) is 11.7. The van der Waals surface area contributed by atoms with Gasteiger partial charge in [-0.3, -0.25) is 4.79 Å². The fraction of sp³-hybridized carbons (Fsp3) is 0.733. The number of aliphatic carboxylic acids is 1. The van der Waals surface area contributed by atoms with Gasteiger partial charge in [0, 0.05) is 25.2 Å². The third-order valence-electron chi connectivity index (χ3n) is 4.60. The lowest BCUT2D eigenvalue weighted by molar-refractivity contribution is -0.943. The van der Waals surface area contributed by atoms with E-state index in [2.05, 4.69) is 11.2 Å². The molecule has 3 aliphatic heterocycles. The maximum atomic E-state index is 11.6. The number of amides is 1. The molecule has 110 valence electrons. The van der Waals surface area contributed by atoms with E-state index in [4.69, 9.17) is 6.42 Å². The number of carboxylic acids is 1. The number of piperidine rings is 3. The second-order valence-electron chi connectivity index (χ2n) is 5.90. The average Bonchev–Trinajstić information content (AvgIpc) is 2.45. The van der Waals surface area contributed by atoms with Crippen molar-refractivity contribution >= 4 is 11.9 Å². The highest BCUT2D eigenvalue weighted by molar-refractivity contribution is 5.76. The molecule has 2 N–H and O–H groups in total. The Balaban J connectivity index is 1.69. The van der Waals surface area contributed by atoms with Crippen LogP contribution in [0.25, 0.3) is 0 Å². The summed E-state index contributed by atoms with van der Waals surface area (Å²) in [5.74, 6) is 2.73. The molecule has 3 rings (SSSR count). The molecule has 0 aromatic heterocycles. The molecular weight excluding hydrogens is 256 g/mol. The molecule has 1 amide bonds. The summed E-state index contributed by atoms with van der Waals surface area (Å²) >= 11 is 0. The first-order chi connectivity index (χ1) is 9.60. The summed E-state index contributed by atoms with van der Waals surface area (Å²) in [7, 11) is 0. The van der Waals surface area contributed by atoms with Crippen LogP contribution in [0.2, 0.25) is 0 Å². The number of fused-ring (bicyclic) bond motifs is 3. The van der Waals surface area contributed by atoms with Gasteiger partial charge in [0.05, 0.1) is 25.6 Å². The molecule has 0 radical (unpaired) electrons. The molecule has 3 fully saturated rings. The number of quaternary nitrogens is 1. The molecule has 0 aromatic rings. The number of nitrogens with one attached hydrogen (secondary N) is 2. The van der Waals surface area contributed by atoms with E-state index < -0.39 is 5.97 Å². The Morgan fingerprint density at radius 3 is 2.80 bits per heavy atom. The summed E-state index contributed by atoms with van der Waals surface area (Å²) < 4.78 is 0. The van der Waals surface area contributed by atoms with E-state index in [1.165, 1.54) is 11.3 Å². The number of rotatable bonds is 6. The Morgan fingerprint density at radius 2 is 2.20 bits per heavy atom. The second kappa shape index (κ2) is 6.76. The van der Waals surface area contributed by atoms with Crippen molar-refractivity contribution in [1.29, 1.82) is 0 Å². The smallest absolute Gasteiger partial charge is 0.220 e. The highest BCUT2D eigenvalue weighted by Crippen LogP contribution is 2.25. The van der Waals surface area contributed by atoms with E-state index in [-0.39, 0.29) is 18.7 Å². The molecule has 0 saturated carbocycles. The van der Waals surface area contributed by atoms with Crippen LogP contribution in [0.3, 0.4) is 0 Å². The van der Waals surface area contributed by atoms with Gasteiger partial charge in [0.15, 0.2) is 0 Å². The summed E-state index contributed by atoms with van der Waals surface area (Å²) in [5.41, 5.74) is 0. The van der Waals surface area contributed by atoms with Crippen molar-refractivity contribution < 1.29 is 19.6 Å². The van der Waals surface area contributed by atoms with Crippen molar-refractivity contribution in [1.82, 2.24) is 5.32 Å². The van der Waals surface area contributed by atoms with Crippen LogP contribution in [0.15, 0.2) is 0 Å². The van der Waals surface area contributed by atoms with Gasteiger partial charge >= 0.3 is 0 Å². The van der Waals surface area contributed by atoms with Crippen LogP contribution in [0.5, 0.6) is 0 Å². The van der Waals surface area contributed by atoms with Gasteiger partial charge in [-0.1, -0.05) is 5.92 Å². The molecule has 5 heteroatoms. The van der Waals surface area contributed by atoms with Crippen molar-refractivity contribution in [2.24, 2.45) is 11.8 Å². The second-order valence-corrected chi connectivity index (χ2v) is 5.90. The minimum absolute atomic E-state index is 0.0554. The number of hydrogen-bond acceptors (Lipinski definition) is 3. The van der Waals surface area contributed by atoms with Gasteiger partial charge in [-0.2, -0.15) is 0 Å². The quantitative estimate of drug-likeness (QED) is 0.549. The Bertz CT molecular complexity index is 416. The highest BCUT2D eigenvalue weighted by Gasteiger charge is 2.42. The van der Waals surface area contributed by atoms with Crippen LogP contribution in [0.4, 0.5) is 0 Å². The Kier molecular flexibility index (Phi) is 5.02. The van der Waals surface area contributed by atoms with Crippen molar-refractivity contribution in [3.05, 3.63) is 0 Å². The lowest BCUT2D eigenvalue weighted by Gasteiger charge is -2.45. The van der Waals surface area contributed by atoms with Crippen LogP contribution < -0.4 is 15.3 Å². The monoisotopic (exact) mass is 278 g/mol. The molecule has 0 aliphatic carbocycles. The summed E-state index contributed by atoms with van der Waals surface area (Å²) in [6.45, 7) is 2.84. The number of carbonyl (C=O) groups excluding carboxylic acids is 2. The molecule has 0 spiro atoms. The van der Waals surface area contributed by atoms with E-state index in [0.717, 1.165) is 19.5 Å². The first-order valence-electron chi connectivity index (χ1n) is 7.37. The molecule has 2 bridgehead atoms. The highest BCUT2D eigenvalue weighted by atomic mass is 16.4. The fourth-order valence-electron chi connectivity index (χ4n) is 3.45. The van der Waals surface area contributed by atoms with Gasteiger partial charge in [0.2, 0.25) is 5.91 Å². The van der Waals surface area contributed by atoms with Crippen LogP contribution in [-0.4, -0.2) is 37.6 Å². The Morgan fingerprint density at radius 1 is 1.40 bits per heavy atom. The number of hydrogen-bond donors (Lipinski definition) is 2. The van der Waals surface area contributed by atoms with Crippen LogP contribution in [-0.2, 0) is 9.59 Å². The van der Waals surface area contributed by atoms with E-state index in [1.54, 1.807) is 0 Å². The fourth-order valence-corrected chi connectivity index (χ4v) is 3.45. The molecule has 3 heterocycles. The maximum absolute atomic E-state index is 11.6. The van der Waals surface area contributed by atoms with Crippen molar-refractivity contribution in [2.45, 2.75) is 38.1 Å². The van der Waals surface area contributed by atoms with Gasteiger partial charge in [-0.25, -0.2) is 0 Å². The summed E-state index contributed by atoms with van der Waals surface area (Å²) in [6.07, 6.45) is 8.38. The van der Waals surface area contributed by atoms with Crippen molar-refractivity contribution in [3.63, 3.8) is 0 Å². The summed E-state index contributed by atoms with van der Waals surface area (Å²) in [5, 5.41) is 13.2. The minimum Gasteiger partial charge on any atom is -0.550 e. The zero-order chi connectivity index (χ0) is 14.5. The predicted molar refractivity (Wildman–Crippen MR) is 71.4 cm³/mol. The van der Waals surface area contributed by atoms with Gasteiger partial charge in [-0.15, -0.1) is 6.42 Å². The minimum atomic E-state index is -1.10.